The van der Waals surface area contributed by atoms with E-state index in [2.05, 4.69) is 4.99 Å². The largest absolute Gasteiger partial charge is 0.389 e. The van der Waals surface area contributed by atoms with Gasteiger partial charge in [-0.15, -0.1) is 0 Å². The van der Waals surface area contributed by atoms with Crippen LogP contribution >= 0.6 is 0 Å². The Morgan fingerprint density at radius 3 is 2.17 bits per heavy atom. The van der Waals surface area contributed by atoms with Crippen molar-refractivity contribution in [1.29, 1.82) is 0 Å². The van der Waals surface area contributed by atoms with Crippen molar-refractivity contribution in [2.24, 2.45) is 16.5 Å². The Hall–Kier alpha value is -0.940. The predicted molar refractivity (Wildman–Crippen MR) is 40.6 cm³/mol. The molecule has 4 N–H and O–H groups in total. The lowest BCUT2D eigenvalue weighted by Gasteiger charge is -2.03. The SMILES string of the molecule is NC(N)=NCCCCC(F)(F)F. The average molecular weight is 183 g/mol. The lowest BCUT2D eigenvalue weighted by atomic mass is 10.2. The molecule has 0 fully saturated rings. The lowest BCUT2D eigenvalue weighted by molar-refractivity contribution is -0.135. The van der Waals surface area contributed by atoms with Gasteiger partial charge in [-0.25, -0.2) is 0 Å². The molecule has 0 saturated carbocycles. The molecule has 0 bridgehead atoms. The van der Waals surface area contributed by atoms with Gasteiger partial charge in [0.2, 0.25) is 0 Å². The third-order valence-electron chi connectivity index (χ3n) is 1.16. The first-order valence-corrected chi connectivity index (χ1v) is 3.54. The van der Waals surface area contributed by atoms with Crippen LogP contribution in [0.4, 0.5) is 13.2 Å². The second kappa shape index (κ2) is 4.84. The molecule has 0 saturated heterocycles. The zero-order chi connectivity index (χ0) is 9.61. The molecule has 0 aliphatic rings. The molecule has 12 heavy (non-hydrogen) atoms. The van der Waals surface area contributed by atoms with Crippen LogP contribution < -0.4 is 11.5 Å². The third-order valence-corrected chi connectivity index (χ3v) is 1.16. The molecule has 0 rings (SSSR count). The number of alkyl halides is 3. The summed E-state index contributed by atoms with van der Waals surface area (Å²) in [7, 11) is 0. The van der Waals surface area contributed by atoms with Gasteiger partial charge in [0.25, 0.3) is 0 Å². The fourth-order valence-electron chi connectivity index (χ4n) is 0.645. The van der Waals surface area contributed by atoms with Crippen LogP contribution in [0.15, 0.2) is 4.99 Å². The average Bonchev–Trinajstić information content (AvgIpc) is 1.83. The van der Waals surface area contributed by atoms with Crippen molar-refractivity contribution < 1.29 is 13.2 Å². The van der Waals surface area contributed by atoms with Gasteiger partial charge in [-0.05, 0) is 12.8 Å². The van der Waals surface area contributed by atoms with Gasteiger partial charge < -0.3 is 11.5 Å². The van der Waals surface area contributed by atoms with Crippen LogP contribution in [0.3, 0.4) is 0 Å². The molecule has 0 atom stereocenters. The number of nitrogens with two attached hydrogens (primary N) is 2. The van der Waals surface area contributed by atoms with Crippen molar-refractivity contribution in [3.63, 3.8) is 0 Å². The van der Waals surface area contributed by atoms with E-state index >= 15 is 0 Å². The summed E-state index contributed by atoms with van der Waals surface area (Å²) in [5.74, 6) is -0.0815. The molecule has 0 amide bonds. The van der Waals surface area contributed by atoms with Crippen molar-refractivity contribution in [3.8, 4) is 0 Å². The highest BCUT2D eigenvalue weighted by molar-refractivity contribution is 5.75. The zero-order valence-electron chi connectivity index (χ0n) is 6.56. The third kappa shape index (κ3) is 9.06. The maximum atomic E-state index is 11.6. The normalized spacial score (nSPS) is 11.2. The van der Waals surface area contributed by atoms with Crippen molar-refractivity contribution in [3.05, 3.63) is 0 Å². The molecular weight excluding hydrogens is 171 g/mol. The fourth-order valence-corrected chi connectivity index (χ4v) is 0.645. The smallest absolute Gasteiger partial charge is 0.370 e. The zero-order valence-corrected chi connectivity index (χ0v) is 6.56. The highest BCUT2D eigenvalue weighted by atomic mass is 19.4. The van der Waals surface area contributed by atoms with E-state index in [-0.39, 0.29) is 18.9 Å². The molecule has 0 aromatic rings. The van der Waals surface area contributed by atoms with Crippen molar-refractivity contribution in [2.45, 2.75) is 25.4 Å². The Kier molecular flexibility index (Phi) is 4.46. The maximum Gasteiger partial charge on any atom is 0.389 e. The quantitative estimate of drug-likeness (QED) is 0.388. The van der Waals surface area contributed by atoms with Crippen LogP contribution in [0, 0.1) is 0 Å². The number of rotatable bonds is 4. The molecule has 72 valence electrons. The van der Waals surface area contributed by atoms with Gasteiger partial charge in [-0.3, -0.25) is 4.99 Å². The second-order valence-electron chi connectivity index (χ2n) is 2.38. The van der Waals surface area contributed by atoms with Crippen LogP contribution in [0.2, 0.25) is 0 Å². The van der Waals surface area contributed by atoms with Crippen molar-refractivity contribution >= 4 is 5.96 Å². The van der Waals surface area contributed by atoms with Crippen molar-refractivity contribution in [2.75, 3.05) is 6.54 Å². The molecule has 0 radical (unpaired) electrons. The molecule has 3 nitrogen and oxygen atoms in total. The first-order valence-electron chi connectivity index (χ1n) is 3.54. The van der Waals surface area contributed by atoms with Gasteiger partial charge in [0, 0.05) is 13.0 Å². The number of hydrogen-bond donors (Lipinski definition) is 2. The molecular formula is C6H12F3N3. The fraction of sp³-hybridized carbons (Fsp3) is 0.833. The van der Waals surface area contributed by atoms with E-state index in [0.29, 0.717) is 6.42 Å². The summed E-state index contributed by atoms with van der Waals surface area (Å²) in [6, 6.07) is 0. The number of unbranched alkanes of at least 4 members (excludes halogenated alkanes) is 1. The van der Waals surface area contributed by atoms with Crippen LogP contribution in [-0.4, -0.2) is 18.7 Å². The van der Waals surface area contributed by atoms with Crippen LogP contribution in [0.5, 0.6) is 0 Å². The minimum atomic E-state index is -4.07. The van der Waals surface area contributed by atoms with Gasteiger partial charge in [-0.2, -0.15) is 13.2 Å². The number of aliphatic imine (C=N–C) groups is 1. The highest BCUT2D eigenvalue weighted by Crippen LogP contribution is 2.21. The molecule has 0 unspecified atom stereocenters. The molecule has 0 aromatic heterocycles. The second-order valence-corrected chi connectivity index (χ2v) is 2.38. The number of guanidine groups is 1. The summed E-state index contributed by atoms with van der Waals surface area (Å²) in [5, 5.41) is 0. The Bertz CT molecular complexity index is 149. The van der Waals surface area contributed by atoms with Crippen LogP contribution in [0.1, 0.15) is 19.3 Å². The van der Waals surface area contributed by atoms with E-state index in [1.54, 1.807) is 0 Å². The van der Waals surface area contributed by atoms with E-state index < -0.39 is 12.6 Å². The monoisotopic (exact) mass is 183 g/mol. The van der Waals surface area contributed by atoms with E-state index in [1.165, 1.54) is 0 Å². The summed E-state index contributed by atoms with van der Waals surface area (Å²) >= 11 is 0. The van der Waals surface area contributed by atoms with Gasteiger partial charge in [-0.1, -0.05) is 0 Å². The van der Waals surface area contributed by atoms with Crippen LogP contribution in [0.25, 0.3) is 0 Å². The van der Waals surface area contributed by atoms with Gasteiger partial charge in [0.05, 0.1) is 0 Å². The highest BCUT2D eigenvalue weighted by Gasteiger charge is 2.25. The lowest BCUT2D eigenvalue weighted by Crippen LogP contribution is -2.23. The number of halogens is 3. The number of nitrogens with zero attached hydrogens (tertiary/aromatic N) is 1. The molecule has 0 spiro atoms. The van der Waals surface area contributed by atoms with E-state index in [1.807, 2.05) is 0 Å². The molecule has 6 heteroatoms. The maximum absolute atomic E-state index is 11.6. The predicted octanol–water partition coefficient (Wildman–Crippen LogP) is 0.992. The van der Waals surface area contributed by atoms with E-state index in [9.17, 15) is 13.2 Å². The molecule has 0 heterocycles. The Morgan fingerprint density at radius 1 is 1.17 bits per heavy atom. The molecule has 0 aliphatic carbocycles. The molecule has 0 aliphatic heterocycles. The minimum absolute atomic E-state index is 0.0697. The van der Waals surface area contributed by atoms with Crippen LogP contribution in [-0.2, 0) is 0 Å². The van der Waals surface area contributed by atoms with E-state index in [0.717, 1.165) is 0 Å². The minimum Gasteiger partial charge on any atom is -0.370 e. The van der Waals surface area contributed by atoms with Crippen molar-refractivity contribution in [1.82, 2.24) is 0 Å². The Morgan fingerprint density at radius 2 is 1.75 bits per heavy atom. The van der Waals surface area contributed by atoms with Gasteiger partial charge in [0.1, 0.15) is 0 Å². The summed E-state index contributed by atoms with van der Waals surface area (Å²) in [5.41, 5.74) is 9.93. The summed E-state index contributed by atoms with van der Waals surface area (Å²) in [6.45, 7) is 0.262. The Balaban J connectivity index is 3.29. The standard InChI is InChI=1S/C6H12F3N3/c7-6(8,9)3-1-2-4-12-5(10)11/h1-4H2,(H4,10,11,12). The van der Waals surface area contributed by atoms with Gasteiger partial charge >= 0.3 is 6.18 Å². The summed E-state index contributed by atoms with van der Waals surface area (Å²) in [4.78, 5) is 3.55. The molecule has 0 aromatic carbocycles. The first-order chi connectivity index (χ1) is 5.42. The van der Waals surface area contributed by atoms with Gasteiger partial charge in [0.15, 0.2) is 5.96 Å². The first kappa shape index (κ1) is 11.1. The summed E-state index contributed by atoms with van der Waals surface area (Å²) < 4.78 is 34.7. The Labute approximate surface area is 68.6 Å². The summed E-state index contributed by atoms with van der Waals surface area (Å²) in [6.07, 6.45) is -4.41. The number of hydrogen-bond acceptors (Lipinski definition) is 1. The topological polar surface area (TPSA) is 64.4 Å². The van der Waals surface area contributed by atoms with E-state index in [4.69, 9.17) is 11.5 Å².